The predicted octanol–water partition coefficient (Wildman–Crippen LogP) is 6.62. The van der Waals surface area contributed by atoms with Gasteiger partial charge in [0, 0.05) is 18.2 Å². The van der Waals surface area contributed by atoms with Crippen LogP contribution in [0.15, 0.2) is 30.3 Å². The summed E-state index contributed by atoms with van der Waals surface area (Å²) >= 11 is 0. The van der Waals surface area contributed by atoms with E-state index in [0.717, 1.165) is 38.5 Å². The first kappa shape index (κ1) is 24.1. The molecule has 6 heteroatoms. The second-order valence-electron chi connectivity index (χ2n) is 9.51. The Hall–Kier alpha value is -2.05. The molecule has 2 aliphatic rings. The van der Waals surface area contributed by atoms with Crippen molar-refractivity contribution in [1.29, 1.82) is 0 Å². The fraction of sp³-hybridized carbons (Fsp3) is 0.556. The number of halogens is 3. The standard InChI is InChI=1S/C27H33F3O3/c1-32-22-11-8-20(25(28)14-22)16-33-21-9-6-19(7-10-21)24-13-12-23(26(29)27(24)30)18-4-2-17(15-31)3-5-18/h8,11-14,17-19,21,31H,2-7,9-10,15-16H2,1H3. The summed E-state index contributed by atoms with van der Waals surface area (Å²) in [7, 11) is 1.49. The van der Waals surface area contributed by atoms with Gasteiger partial charge >= 0.3 is 0 Å². The number of rotatable bonds is 7. The van der Waals surface area contributed by atoms with Crippen LogP contribution >= 0.6 is 0 Å². The van der Waals surface area contributed by atoms with E-state index < -0.39 is 11.6 Å². The Morgan fingerprint density at radius 2 is 1.39 bits per heavy atom. The average molecular weight is 463 g/mol. The molecule has 0 atom stereocenters. The average Bonchev–Trinajstić information content (AvgIpc) is 2.85. The predicted molar refractivity (Wildman–Crippen MR) is 121 cm³/mol. The molecule has 0 unspecified atom stereocenters. The molecule has 1 N–H and O–H groups in total. The molecule has 4 rings (SSSR count). The second kappa shape index (κ2) is 10.9. The second-order valence-corrected chi connectivity index (χ2v) is 9.51. The lowest BCUT2D eigenvalue weighted by Gasteiger charge is -2.30. The lowest BCUT2D eigenvalue weighted by atomic mass is 9.77. The van der Waals surface area contributed by atoms with Crippen LogP contribution in [0.4, 0.5) is 13.2 Å². The molecule has 0 amide bonds. The number of methoxy groups -OCH3 is 1. The van der Waals surface area contributed by atoms with Crippen LogP contribution in [0.1, 0.15) is 79.9 Å². The van der Waals surface area contributed by atoms with Crippen molar-refractivity contribution in [2.45, 2.75) is 75.9 Å². The van der Waals surface area contributed by atoms with Crippen LogP contribution in [0.5, 0.6) is 5.75 Å². The van der Waals surface area contributed by atoms with Crippen LogP contribution in [0.3, 0.4) is 0 Å². The molecule has 0 aromatic heterocycles. The first-order valence-corrected chi connectivity index (χ1v) is 12.0. The minimum Gasteiger partial charge on any atom is -0.497 e. The highest BCUT2D eigenvalue weighted by molar-refractivity contribution is 5.32. The zero-order valence-corrected chi connectivity index (χ0v) is 19.2. The third-order valence-corrected chi connectivity index (χ3v) is 7.54. The van der Waals surface area contributed by atoms with Gasteiger partial charge in [0.1, 0.15) is 11.6 Å². The quantitative estimate of drug-likeness (QED) is 0.502. The van der Waals surface area contributed by atoms with Gasteiger partial charge in [0.05, 0.1) is 19.8 Å². The maximum absolute atomic E-state index is 15.0. The third-order valence-electron chi connectivity index (χ3n) is 7.54. The SMILES string of the molecule is COc1ccc(COC2CCC(c3ccc(C4CCC(CO)CC4)c(F)c3F)CC2)c(F)c1. The maximum atomic E-state index is 15.0. The van der Waals surface area contributed by atoms with Gasteiger partial charge < -0.3 is 14.6 Å². The van der Waals surface area contributed by atoms with E-state index in [-0.39, 0.29) is 42.9 Å². The van der Waals surface area contributed by atoms with E-state index in [4.69, 9.17) is 9.47 Å². The largest absolute Gasteiger partial charge is 0.497 e. The molecular formula is C27H33F3O3. The molecule has 2 saturated carbocycles. The third kappa shape index (κ3) is 5.55. The van der Waals surface area contributed by atoms with Gasteiger partial charge in [-0.3, -0.25) is 0 Å². The topological polar surface area (TPSA) is 38.7 Å². The summed E-state index contributed by atoms with van der Waals surface area (Å²) in [5, 5.41) is 9.30. The number of benzene rings is 2. The van der Waals surface area contributed by atoms with Crippen molar-refractivity contribution >= 4 is 0 Å². The van der Waals surface area contributed by atoms with E-state index in [1.165, 1.54) is 13.2 Å². The van der Waals surface area contributed by atoms with E-state index in [0.29, 0.717) is 35.3 Å². The summed E-state index contributed by atoms with van der Waals surface area (Å²) in [4.78, 5) is 0. The first-order valence-electron chi connectivity index (χ1n) is 12.0. The molecular weight excluding hydrogens is 429 g/mol. The molecule has 0 saturated heterocycles. The van der Waals surface area contributed by atoms with Crippen molar-refractivity contribution in [1.82, 2.24) is 0 Å². The van der Waals surface area contributed by atoms with Gasteiger partial charge in [0.15, 0.2) is 11.6 Å². The van der Waals surface area contributed by atoms with Crippen molar-refractivity contribution in [2.75, 3.05) is 13.7 Å². The Bertz CT molecular complexity index is 932. The Kier molecular flexibility index (Phi) is 7.97. The van der Waals surface area contributed by atoms with Crippen LogP contribution in [0.25, 0.3) is 0 Å². The highest BCUT2D eigenvalue weighted by atomic mass is 19.2. The van der Waals surface area contributed by atoms with Gasteiger partial charge in [-0.05, 0) is 86.3 Å². The summed E-state index contributed by atoms with van der Waals surface area (Å²) in [6.07, 6.45) is 6.17. The normalized spacial score (nSPS) is 25.7. The van der Waals surface area contributed by atoms with Crippen LogP contribution in [0.2, 0.25) is 0 Å². The van der Waals surface area contributed by atoms with Crippen LogP contribution in [-0.4, -0.2) is 24.9 Å². The Morgan fingerprint density at radius 3 is 1.91 bits per heavy atom. The Labute approximate surface area is 193 Å². The van der Waals surface area contributed by atoms with E-state index >= 15 is 4.39 Å². The molecule has 180 valence electrons. The minimum absolute atomic E-state index is 0.0170. The highest BCUT2D eigenvalue weighted by Crippen LogP contribution is 2.40. The summed E-state index contributed by atoms with van der Waals surface area (Å²) < 4.78 is 55.0. The summed E-state index contributed by atoms with van der Waals surface area (Å²) in [5.74, 6) is -1.02. The van der Waals surface area contributed by atoms with Crippen molar-refractivity contribution in [3.05, 3.63) is 64.5 Å². The van der Waals surface area contributed by atoms with Gasteiger partial charge in [-0.15, -0.1) is 0 Å². The van der Waals surface area contributed by atoms with Crippen molar-refractivity contribution in [3.8, 4) is 5.75 Å². The number of hydrogen-bond donors (Lipinski definition) is 1. The van der Waals surface area contributed by atoms with Gasteiger partial charge in [0.25, 0.3) is 0 Å². The number of aliphatic hydroxyl groups excluding tert-OH is 1. The van der Waals surface area contributed by atoms with Crippen LogP contribution in [0, 0.1) is 23.4 Å². The molecule has 3 nitrogen and oxygen atoms in total. The van der Waals surface area contributed by atoms with E-state index in [1.54, 1.807) is 24.3 Å². The van der Waals surface area contributed by atoms with Crippen molar-refractivity contribution in [2.24, 2.45) is 5.92 Å². The van der Waals surface area contributed by atoms with Crippen molar-refractivity contribution < 1.29 is 27.8 Å². The van der Waals surface area contributed by atoms with Crippen LogP contribution in [-0.2, 0) is 11.3 Å². The Morgan fingerprint density at radius 1 is 0.818 bits per heavy atom. The van der Waals surface area contributed by atoms with Crippen molar-refractivity contribution in [3.63, 3.8) is 0 Å². The van der Waals surface area contributed by atoms with Gasteiger partial charge in [-0.25, -0.2) is 13.2 Å². The number of ether oxygens (including phenoxy) is 2. The smallest absolute Gasteiger partial charge is 0.162 e. The lowest BCUT2D eigenvalue weighted by Crippen LogP contribution is -2.22. The summed E-state index contributed by atoms with van der Waals surface area (Å²) in [5.41, 5.74) is 1.42. The van der Waals surface area contributed by atoms with E-state index in [2.05, 4.69) is 0 Å². The fourth-order valence-corrected chi connectivity index (χ4v) is 5.39. The lowest BCUT2D eigenvalue weighted by molar-refractivity contribution is 0.0118. The molecule has 2 aromatic rings. The van der Waals surface area contributed by atoms with E-state index in [9.17, 15) is 13.9 Å². The van der Waals surface area contributed by atoms with Crippen LogP contribution < -0.4 is 4.74 Å². The minimum atomic E-state index is -0.707. The van der Waals surface area contributed by atoms with Gasteiger partial charge in [-0.1, -0.05) is 18.2 Å². The molecule has 0 radical (unpaired) electrons. The van der Waals surface area contributed by atoms with Gasteiger partial charge in [0.2, 0.25) is 0 Å². The molecule has 0 heterocycles. The maximum Gasteiger partial charge on any atom is 0.162 e. The zero-order valence-electron chi connectivity index (χ0n) is 19.2. The zero-order chi connectivity index (χ0) is 23.4. The monoisotopic (exact) mass is 462 g/mol. The van der Waals surface area contributed by atoms with E-state index in [1.807, 2.05) is 0 Å². The molecule has 0 spiro atoms. The van der Waals surface area contributed by atoms with Gasteiger partial charge in [-0.2, -0.15) is 0 Å². The molecule has 2 aromatic carbocycles. The Balaban J connectivity index is 1.32. The first-order chi connectivity index (χ1) is 16.0. The molecule has 33 heavy (non-hydrogen) atoms. The fourth-order valence-electron chi connectivity index (χ4n) is 5.39. The highest BCUT2D eigenvalue weighted by Gasteiger charge is 2.30. The molecule has 0 bridgehead atoms. The number of hydrogen-bond acceptors (Lipinski definition) is 3. The molecule has 2 aliphatic carbocycles. The summed E-state index contributed by atoms with van der Waals surface area (Å²) in [6.45, 7) is 0.352. The molecule has 2 fully saturated rings. The molecule has 0 aliphatic heterocycles. The summed E-state index contributed by atoms with van der Waals surface area (Å²) in [6, 6.07) is 8.25. The number of aliphatic hydroxyl groups is 1.